The first-order valence-corrected chi connectivity index (χ1v) is 11.0. The molecule has 0 unspecified atom stereocenters. The van der Waals surface area contributed by atoms with Gasteiger partial charge in [-0.05, 0) is 55.4 Å². The van der Waals surface area contributed by atoms with Gasteiger partial charge in [0.1, 0.15) is 23.9 Å². The van der Waals surface area contributed by atoms with Gasteiger partial charge in [0.25, 0.3) is 11.8 Å². The molecule has 2 N–H and O–H groups in total. The summed E-state index contributed by atoms with van der Waals surface area (Å²) in [6, 6.07) is 6.48. The third kappa shape index (κ3) is 3.69. The molecule has 1 aromatic carbocycles. The molecule has 4 fully saturated rings. The Labute approximate surface area is 189 Å². The summed E-state index contributed by atoms with van der Waals surface area (Å²) < 4.78 is 17.9. The van der Waals surface area contributed by atoms with Crippen molar-refractivity contribution in [2.75, 3.05) is 4.90 Å². The van der Waals surface area contributed by atoms with Gasteiger partial charge in [-0.2, -0.15) is 0 Å². The van der Waals surface area contributed by atoms with Gasteiger partial charge in [-0.15, -0.1) is 0 Å². The SMILES string of the molecule is O=C1NC(=S)N(c2ccc(Cl)cc2)C(=O)/C1=C/[C@H]1O[C@@H]2OC3(CCCCC3)O[C@@H]2[C@H]1O. The van der Waals surface area contributed by atoms with Crippen molar-refractivity contribution in [3.8, 4) is 0 Å². The lowest BCUT2D eigenvalue weighted by Gasteiger charge is -2.33. The highest BCUT2D eigenvalue weighted by Gasteiger charge is 2.57. The van der Waals surface area contributed by atoms with Crippen LogP contribution in [0.15, 0.2) is 35.9 Å². The number of nitrogens with one attached hydrogen (secondary N) is 1. The third-order valence-electron chi connectivity index (χ3n) is 6.05. The highest BCUT2D eigenvalue weighted by atomic mass is 35.5. The smallest absolute Gasteiger partial charge is 0.269 e. The van der Waals surface area contributed by atoms with E-state index in [0.29, 0.717) is 10.7 Å². The number of rotatable bonds is 2. The maximum atomic E-state index is 13.1. The molecule has 4 aliphatic rings. The summed E-state index contributed by atoms with van der Waals surface area (Å²) in [5, 5.41) is 13.7. The Hall–Kier alpha value is -1.88. The molecule has 3 aliphatic heterocycles. The summed E-state index contributed by atoms with van der Waals surface area (Å²) in [5.74, 6) is -1.98. The zero-order chi connectivity index (χ0) is 21.8. The maximum absolute atomic E-state index is 13.1. The van der Waals surface area contributed by atoms with Crippen LogP contribution in [0.5, 0.6) is 0 Å². The first-order valence-electron chi connectivity index (χ1n) is 10.2. The summed E-state index contributed by atoms with van der Waals surface area (Å²) in [6.45, 7) is 0. The lowest BCUT2D eigenvalue weighted by molar-refractivity contribution is -0.241. The molecule has 3 saturated heterocycles. The molecular formula is C21H21ClN2O6S. The first kappa shape index (κ1) is 21.0. The van der Waals surface area contributed by atoms with Crippen molar-refractivity contribution in [1.29, 1.82) is 0 Å². The minimum absolute atomic E-state index is 0.0369. The number of thiocarbonyl (C=S) groups is 1. The second-order valence-electron chi connectivity index (χ2n) is 8.09. The van der Waals surface area contributed by atoms with Crippen molar-refractivity contribution >= 4 is 46.4 Å². The lowest BCUT2D eigenvalue weighted by Crippen LogP contribution is -2.54. The molecule has 4 atom stereocenters. The number of nitrogens with zero attached hydrogens (tertiary/aromatic N) is 1. The number of aliphatic hydroxyl groups excluding tert-OH is 1. The van der Waals surface area contributed by atoms with Crippen molar-refractivity contribution in [3.05, 3.63) is 40.9 Å². The van der Waals surface area contributed by atoms with Crippen LogP contribution in [-0.4, -0.2) is 52.4 Å². The number of anilines is 1. The van der Waals surface area contributed by atoms with Gasteiger partial charge in [-0.25, -0.2) is 0 Å². The van der Waals surface area contributed by atoms with Crippen molar-refractivity contribution in [1.82, 2.24) is 5.32 Å². The largest absolute Gasteiger partial charge is 0.387 e. The van der Waals surface area contributed by atoms with E-state index in [-0.39, 0.29) is 10.7 Å². The monoisotopic (exact) mass is 464 g/mol. The zero-order valence-corrected chi connectivity index (χ0v) is 18.0. The quantitative estimate of drug-likeness (QED) is 0.393. The van der Waals surface area contributed by atoms with E-state index in [0.717, 1.165) is 32.1 Å². The van der Waals surface area contributed by atoms with E-state index in [4.69, 9.17) is 38.0 Å². The Morgan fingerprint density at radius 2 is 1.87 bits per heavy atom. The van der Waals surface area contributed by atoms with Crippen molar-refractivity contribution < 1.29 is 28.9 Å². The fraction of sp³-hybridized carbons (Fsp3) is 0.476. The second kappa shape index (κ2) is 7.91. The Balaban J connectivity index is 1.36. The number of benzene rings is 1. The predicted molar refractivity (Wildman–Crippen MR) is 114 cm³/mol. The molecule has 5 rings (SSSR count). The van der Waals surface area contributed by atoms with E-state index >= 15 is 0 Å². The number of hydrogen-bond acceptors (Lipinski definition) is 7. The fourth-order valence-corrected chi connectivity index (χ4v) is 4.91. The van der Waals surface area contributed by atoms with Crippen LogP contribution in [0.25, 0.3) is 0 Å². The minimum Gasteiger partial charge on any atom is -0.387 e. The van der Waals surface area contributed by atoms with Crippen LogP contribution in [0.1, 0.15) is 32.1 Å². The number of hydrogen-bond donors (Lipinski definition) is 2. The van der Waals surface area contributed by atoms with E-state index in [2.05, 4.69) is 5.32 Å². The Kier molecular flexibility index (Phi) is 5.36. The molecule has 1 aromatic rings. The van der Waals surface area contributed by atoms with Crippen LogP contribution in [0.2, 0.25) is 5.02 Å². The molecule has 1 aliphatic carbocycles. The lowest BCUT2D eigenvalue weighted by atomic mass is 9.94. The molecule has 0 radical (unpaired) electrons. The van der Waals surface area contributed by atoms with Gasteiger partial charge in [-0.3, -0.25) is 19.8 Å². The number of fused-ring (bicyclic) bond motifs is 1. The standard InChI is InChI=1S/C21H21ClN2O6S/c22-11-4-6-12(7-5-11)24-18(27)13(17(26)23-20(24)31)10-14-15(25)16-19(28-14)30-21(29-16)8-2-1-3-9-21/h4-7,10,14-16,19,25H,1-3,8-9H2,(H,23,26,31)/b13-10+/t14-,15+,16-,19-/m1/s1. The number of carbonyl (C=O) groups excluding carboxylic acids is 2. The van der Waals surface area contributed by atoms with Gasteiger partial charge in [0.2, 0.25) is 0 Å². The molecule has 2 amide bonds. The molecule has 164 valence electrons. The van der Waals surface area contributed by atoms with E-state index in [1.165, 1.54) is 11.0 Å². The second-order valence-corrected chi connectivity index (χ2v) is 8.91. The number of halogens is 1. The highest BCUT2D eigenvalue weighted by molar-refractivity contribution is 7.80. The summed E-state index contributed by atoms with van der Waals surface area (Å²) >= 11 is 11.1. The van der Waals surface area contributed by atoms with Crippen molar-refractivity contribution in [3.63, 3.8) is 0 Å². The summed E-state index contributed by atoms with van der Waals surface area (Å²) in [4.78, 5) is 26.8. The highest BCUT2D eigenvalue weighted by Crippen LogP contribution is 2.45. The average Bonchev–Trinajstić information content (AvgIpc) is 3.21. The van der Waals surface area contributed by atoms with Crippen LogP contribution in [0.4, 0.5) is 5.69 Å². The van der Waals surface area contributed by atoms with Crippen LogP contribution < -0.4 is 10.2 Å². The van der Waals surface area contributed by atoms with Crippen LogP contribution >= 0.6 is 23.8 Å². The first-order chi connectivity index (χ1) is 14.9. The maximum Gasteiger partial charge on any atom is 0.269 e. The molecule has 0 aromatic heterocycles. The number of ether oxygens (including phenoxy) is 3. The van der Waals surface area contributed by atoms with E-state index in [9.17, 15) is 14.7 Å². The number of amides is 2. The summed E-state index contributed by atoms with van der Waals surface area (Å²) in [7, 11) is 0. The molecule has 8 nitrogen and oxygen atoms in total. The summed E-state index contributed by atoms with van der Waals surface area (Å²) in [5.41, 5.74) is 0.279. The molecule has 3 heterocycles. The fourth-order valence-electron chi connectivity index (χ4n) is 4.50. The summed E-state index contributed by atoms with van der Waals surface area (Å²) in [6.07, 6.45) is 2.54. The van der Waals surface area contributed by atoms with Gasteiger partial charge in [0.15, 0.2) is 17.2 Å². The molecule has 31 heavy (non-hydrogen) atoms. The van der Waals surface area contributed by atoms with Crippen LogP contribution in [-0.2, 0) is 23.8 Å². The average molecular weight is 465 g/mol. The number of aliphatic hydroxyl groups is 1. The zero-order valence-electron chi connectivity index (χ0n) is 16.5. The van der Waals surface area contributed by atoms with E-state index in [1.54, 1.807) is 24.3 Å². The van der Waals surface area contributed by atoms with E-state index < -0.39 is 42.2 Å². The van der Waals surface area contributed by atoms with Gasteiger partial charge in [-0.1, -0.05) is 18.0 Å². The third-order valence-corrected chi connectivity index (χ3v) is 6.58. The molecule has 1 spiro atoms. The molecule has 10 heteroatoms. The number of carbonyl (C=O) groups is 2. The van der Waals surface area contributed by atoms with Crippen LogP contribution in [0, 0.1) is 0 Å². The minimum atomic E-state index is -1.07. The Morgan fingerprint density at radius 3 is 2.55 bits per heavy atom. The van der Waals surface area contributed by atoms with Gasteiger partial charge < -0.3 is 19.3 Å². The van der Waals surface area contributed by atoms with E-state index in [1.807, 2.05) is 0 Å². The van der Waals surface area contributed by atoms with Gasteiger partial charge in [0.05, 0.1) is 5.69 Å². The van der Waals surface area contributed by atoms with Gasteiger partial charge in [0, 0.05) is 17.9 Å². The Bertz CT molecular complexity index is 961. The normalized spacial score (nSPS) is 33.8. The predicted octanol–water partition coefficient (Wildman–Crippen LogP) is 2.18. The molecule has 0 bridgehead atoms. The Morgan fingerprint density at radius 1 is 1.16 bits per heavy atom. The molecular weight excluding hydrogens is 444 g/mol. The van der Waals surface area contributed by atoms with Crippen molar-refractivity contribution in [2.24, 2.45) is 0 Å². The topological polar surface area (TPSA) is 97.3 Å². The van der Waals surface area contributed by atoms with Crippen LogP contribution in [0.3, 0.4) is 0 Å². The van der Waals surface area contributed by atoms with Crippen molar-refractivity contribution in [2.45, 2.75) is 62.5 Å². The molecule has 1 saturated carbocycles. The van der Waals surface area contributed by atoms with Gasteiger partial charge >= 0.3 is 0 Å².